The molecule has 3 rings (SSSR count). The molecule has 2 unspecified atom stereocenters. The fourth-order valence-corrected chi connectivity index (χ4v) is 7.26. The fourth-order valence-electron chi connectivity index (χ4n) is 7.26. The highest BCUT2D eigenvalue weighted by atomic mass is 15.0. The number of anilines is 2. The molecule has 3 N–H and O–H groups in total. The van der Waals surface area contributed by atoms with Gasteiger partial charge in [-0.3, -0.25) is 0 Å². The number of aryl methyl sites for hydroxylation is 2. The van der Waals surface area contributed by atoms with E-state index in [9.17, 15) is 0 Å². The van der Waals surface area contributed by atoms with Crippen LogP contribution in [0, 0.1) is 25.7 Å². The molecule has 1 heterocycles. The Morgan fingerprint density at radius 3 is 1.46 bits per heavy atom. The molecule has 2 aliphatic carbocycles. The molecule has 0 radical (unpaired) electrons. The van der Waals surface area contributed by atoms with Crippen molar-refractivity contribution in [2.75, 3.05) is 11.1 Å². The molecule has 0 saturated heterocycles. The summed E-state index contributed by atoms with van der Waals surface area (Å²) in [5, 5.41) is 3.91. The lowest BCUT2D eigenvalue weighted by Crippen LogP contribution is -2.21. The molecule has 0 bridgehead atoms. The van der Waals surface area contributed by atoms with Gasteiger partial charge in [-0.1, -0.05) is 135 Å². The first-order chi connectivity index (χ1) is 18.1. The lowest BCUT2D eigenvalue weighted by atomic mass is 9.82. The molecule has 212 valence electrons. The molecule has 0 aliphatic heterocycles. The Hall–Kier alpha value is -1.25. The molecule has 0 amide bonds. The molecular weight excluding hydrogens is 450 g/mol. The van der Waals surface area contributed by atoms with Gasteiger partial charge < -0.3 is 11.1 Å². The van der Waals surface area contributed by atoms with Crippen molar-refractivity contribution in [3.63, 3.8) is 0 Å². The Bertz CT molecular complexity index is 693. The zero-order valence-electron chi connectivity index (χ0n) is 24.8. The SMILES string of the molecule is Cc1cc(N)nc(C)c1NC1CCCCCCCC(CC2CCCCCCCCCCCC2)CCCC1. The first kappa shape index (κ1) is 30.3. The van der Waals surface area contributed by atoms with Crippen LogP contribution in [-0.4, -0.2) is 11.0 Å². The normalized spacial score (nSPS) is 25.4. The van der Waals surface area contributed by atoms with Crippen LogP contribution in [0.3, 0.4) is 0 Å². The minimum absolute atomic E-state index is 0.567. The number of pyridine rings is 1. The molecule has 3 heteroatoms. The largest absolute Gasteiger partial charge is 0.384 e. The standard InChI is InChI=1S/C34H61N3/c1-28-26-33(35)36-29(2)34(28)37-32-24-17-13-9-12-16-22-31(23-18-19-25-32)27-30-20-14-10-7-5-3-4-6-8-11-15-21-30/h26,30-32,37H,3-25,27H2,1-2H3,(H2,35,36). The van der Waals surface area contributed by atoms with Crippen molar-refractivity contribution in [3.05, 3.63) is 17.3 Å². The number of hydrogen-bond donors (Lipinski definition) is 2. The summed E-state index contributed by atoms with van der Waals surface area (Å²) >= 11 is 0. The van der Waals surface area contributed by atoms with E-state index in [0.717, 1.165) is 17.5 Å². The van der Waals surface area contributed by atoms with Crippen LogP contribution < -0.4 is 11.1 Å². The van der Waals surface area contributed by atoms with Gasteiger partial charge in [0.1, 0.15) is 5.82 Å². The minimum atomic E-state index is 0.567. The first-order valence-electron chi connectivity index (χ1n) is 16.6. The number of nitrogens with one attached hydrogen (secondary N) is 1. The number of hydrogen-bond acceptors (Lipinski definition) is 3. The molecule has 0 spiro atoms. The van der Waals surface area contributed by atoms with Crippen LogP contribution >= 0.6 is 0 Å². The summed E-state index contributed by atoms with van der Waals surface area (Å²) in [4.78, 5) is 4.53. The van der Waals surface area contributed by atoms with Crippen LogP contribution in [0.4, 0.5) is 11.5 Å². The Labute approximate surface area is 230 Å². The van der Waals surface area contributed by atoms with Crippen LogP contribution in [0.25, 0.3) is 0 Å². The summed E-state index contributed by atoms with van der Waals surface area (Å²) in [5.74, 6) is 2.61. The van der Waals surface area contributed by atoms with Crippen molar-refractivity contribution in [1.29, 1.82) is 0 Å². The Morgan fingerprint density at radius 2 is 1.00 bits per heavy atom. The molecule has 1 aromatic heterocycles. The summed E-state index contributed by atoms with van der Waals surface area (Å²) in [5.41, 5.74) is 9.49. The molecule has 2 fully saturated rings. The molecule has 0 aromatic carbocycles. The number of rotatable bonds is 4. The second-order valence-electron chi connectivity index (χ2n) is 12.9. The van der Waals surface area contributed by atoms with E-state index in [2.05, 4.69) is 24.1 Å². The van der Waals surface area contributed by atoms with Crippen molar-refractivity contribution < 1.29 is 0 Å². The Kier molecular flexibility index (Phi) is 14.8. The van der Waals surface area contributed by atoms with E-state index in [1.807, 2.05) is 6.07 Å². The second-order valence-corrected chi connectivity index (χ2v) is 12.9. The van der Waals surface area contributed by atoms with Gasteiger partial charge in [-0.15, -0.1) is 0 Å². The zero-order chi connectivity index (χ0) is 26.1. The van der Waals surface area contributed by atoms with Crippen molar-refractivity contribution in [3.8, 4) is 0 Å². The maximum atomic E-state index is 5.98. The number of aromatic nitrogens is 1. The summed E-state index contributed by atoms with van der Waals surface area (Å²) < 4.78 is 0. The van der Waals surface area contributed by atoms with Crippen LogP contribution in [-0.2, 0) is 0 Å². The van der Waals surface area contributed by atoms with Crippen LogP contribution in [0.2, 0.25) is 0 Å². The highest BCUT2D eigenvalue weighted by Gasteiger charge is 2.18. The van der Waals surface area contributed by atoms with Gasteiger partial charge in [0.2, 0.25) is 0 Å². The van der Waals surface area contributed by atoms with Crippen molar-refractivity contribution in [1.82, 2.24) is 4.98 Å². The van der Waals surface area contributed by atoms with Gasteiger partial charge in [0, 0.05) is 6.04 Å². The minimum Gasteiger partial charge on any atom is -0.384 e. The molecule has 2 saturated carbocycles. The fraction of sp³-hybridized carbons (Fsp3) is 0.853. The molecule has 1 aromatic rings. The summed E-state index contributed by atoms with van der Waals surface area (Å²) in [6.07, 6.45) is 34.8. The average Bonchev–Trinajstić information content (AvgIpc) is 2.90. The van der Waals surface area contributed by atoms with Gasteiger partial charge in [-0.2, -0.15) is 0 Å². The van der Waals surface area contributed by atoms with E-state index in [4.69, 9.17) is 5.73 Å². The summed E-state index contributed by atoms with van der Waals surface area (Å²) in [7, 11) is 0. The van der Waals surface area contributed by atoms with Crippen molar-refractivity contribution in [2.45, 2.75) is 174 Å². The smallest absolute Gasteiger partial charge is 0.124 e. The van der Waals surface area contributed by atoms with E-state index in [-0.39, 0.29) is 0 Å². The van der Waals surface area contributed by atoms with Gasteiger partial charge in [-0.25, -0.2) is 4.98 Å². The summed E-state index contributed by atoms with van der Waals surface area (Å²) in [6.45, 7) is 4.27. The van der Waals surface area contributed by atoms with Crippen molar-refractivity contribution >= 4 is 11.5 Å². The van der Waals surface area contributed by atoms with Crippen LogP contribution in [0.1, 0.15) is 165 Å². The van der Waals surface area contributed by atoms with Gasteiger partial charge >= 0.3 is 0 Å². The molecule has 2 atom stereocenters. The maximum absolute atomic E-state index is 5.98. The number of nitrogen functional groups attached to an aromatic ring is 1. The highest BCUT2D eigenvalue weighted by molar-refractivity contribution is 5.58. The lowest BCUT2D eigenvalue weighted by molar-refractivity contribution is 0.283. The Morgan fingerprint density at radius 1 is 0.622 bits per heavy atom. The van der Waals surface area contributed by atoms with E-state index < -0.39 is 0 Å². The van der Waals surface area contributed by atoms with Crippen molar-refractivity contribution in [2.24, 2.45) is 11.8 Å². The van der Waals surface area contributed by atoms with Crippen LogP contribution in [0.5, 0.6) is 0 Å². The van der Waals surface area contributed by atoms with E-state index >= 15 is 0 Å². The van der Waals surface area contributed by atoms with E-state index in [1.54, 1.807) is 0 Å². The third kappa shape index (κ3) is 12.4. The third-order valence-corrected chi connectivity index (χ3v) is 9.49. The highest BCUT2D eigenvalue weighted by Crippen LogP contribution is 2.32. The quantitative estimate of drug-likeness (QED) is 0.422. The van der Waals surface area contributed by atoms with E-state index in [1.165, 1.54) is 165 Å². The molecular formula is C34H61N3. The monoisotopic (exact) mass is 511 g/mol. The predicted molar refractivity (Wildman–Crippen MR) is 163 cm³/mol. The molecule has 3 nitrogen and oxygen atoms in total. The molecule has 37 heavy (non-hydrogen) atoms. The lowest BCUT2D eigenvalue weighted by Gasteiger charge is -2.25. The topological polar surface area (TPSA) is 50.9 Å². The number of nitrogens with zero attached hydrogens (tertiary/aromatic N) is 1. The Balaban J connectivity index is 1.52. The van der Waals surface area contributed by atoms with Gasteiger partial charge in [0.25, 0.3) is 0 Å². The zero-order valence-corrected chi connectivity index (χ0v) is 24.8. The van der Waals surface area contributed by atoms with Crippen LogP contribution in [0.15, 0.2) is 6.07 Å². The van der Waals surface area contributed by atoms with Gasteiger partial charge in [0.05, 0.1) is 11.4 Å². The van der Waals surface area contributed by atoms with Gasteiger partial charge in [0.15, 0.2) is 0 Å². The average molecular weight is 512 g/mol. The first-order valence-corrected chi connectivity index (χ1v) is 16.6. The third-order valence-electron chi connectivity index (χ3n) is 9.49. The second kappa shape index (κ2) is 18.1. The maximum Gasteiger partial charge on any atom is 0.124 e. The molecule has 2 aliphatic rings. The summed E-state index contributed by atoms with van der Waals surface area (Å²) in [6, 6.07) is 2.58. The van der Waals surface area contributed by atoms with Gasteiger partial charge in [-0.05, 0) is 56.6 Å². The number of nitrogens with two attached hydrogens (primary N) is 1. The van der Waals surface area contributed by atoms with E-state index in [0.29, 0.717) is 11.9 Å². The predicted octanol–water partition coefficient (Wildman–Crippen LogP) is 10.7.